The summed E-state index contributed by atoms with van der Waals surface area (Å²) >= 11 is 0. The zero-order chi connectivity index (χ0) is 17.2. The molecule has 0 aliphatic heterocycles. The van der Waals surface area contributed by atoms with E-state index in [1.165, 1.54) is 19.3 Å². The van der Waals surface area contributed by atoms with Gasteiger partial charge in [-0.05, 0) is 25.5 Å². The minimum Gasteiger partial charge on any atom is -0.444 e. The first-order valence-corrected chi connectivity index (χ1v) is 8.70. The number of halogens is 1. The minimum absolute atomic E-state index is 0. The maximum atomic E-state index is 5.55. The molecule has 0 spiro atoms. The first-order chi connectivity index (χ1) is 11.7. The summed E-state index contributed by atoms with van der Waals surface area (Å²) in [5.74, 6) is 1.44. The number of hydrogen-bond acceptors (Lipinski definition) is 3. The third-order valence-electron chi connectivity index (χ3n) is 3.86. The predicted octanol–water partition coefficient (Wildman–Crippen LogP) is 4.59. The number of rotatable bonds is 8. The average Bonchev–Trinajstić information content (AvgIpc) is 3.08. The van der Waals surface area contributed by atoms with Gasteiger partial charge in [0.05, 0.1) is 12.2 Å². The fourth-order valence-electron chi connectivity index (χ4n) is 2.48. The highest BCUT2D eigenvalue weighted by Crippen LogP contribution is 2.17. The second-order valence-corrected chi connectivity index (χ2v) is 5.98. The van der Waals surface area contributed by atoms with Crippen LogP contribution in [-0.4, -0.2) is 24.0 Å². The second kappa shape index (κ2) is 11.9. The zero-order valence-electron chi connectivity index (χ0n) is 15.3. The first kappa shape index (κ1) is 21.5. The van der Waals surface area contributed by atoms with Crippen LogP contribution in [0.3, 0.4) is 0 Å². The molecule has 1 atom stereocenters. The number of nitrogens with one attached hydrogen (secondary N) is 2. The van der Waals surface area contributed by atoms with Crippen LogP contribution < -0.4 is 10.6 Å². The van der Waals surface area contributed by atoms with E-state index in [0.717, 1.165) is 23.6 Å². The molecule has 0 amide bonds. The van der Waals surface area contributed by atoms with Gasteiger partial charge in [0.1, 0.15) is 6.26 Å². The van der Waals surface area contributed by atoms with Crippen LogP contribution in [0.15, 0.2) is 46.0 Å². The Hall–Kier alpha value is -1.57. The Morgan fingerprint density at radius 1 is 1.24 bits per heavy atom. The maximum absolute atomic E-state index is 5.55. The van der Waals surface area contributed by atoms with Gasteiger partial charge in [0, 0.05) is 18.7 Å². The Bertz CT molecular complexity index is 627. The lowest BCUT2D eigenvalue weighted by Crippen LogP contribution is -2.41. The minimum atomic E-state index is 0. The van der Waals surface area contributed by atoms with Crippen molar-refractivity contribution < 1.29 is 4.42 Å². The zero-order valence-corrected chi connectivity index (χ0v) is 17.6. The van der Waals surface area contributed by atoms with Crippen LogP contribution in [-0.2, 0) is 6.54 Å². The van der Waals surface area contributed by atoms with Gasteiger partial charge in [0.25, 0.3) is 0 Å². The van der Waals surface area contributed by atoms with E-state index in [-0.39, 0.29) is 24.0 Å². The summed E-state index contributed by atoms with van der Waals surface area (Å²) in [6, 6.07) is 10.3. The van der Waals surface area contributed by atoms with Crippen LogP contribution in [0.5, 0.6) is 0 Å². The molecule has 1 unspecified atom stereocenters. The van der Waals surface area contributed by atoms with Crippen molar-refractivity contribution in [2.24, 2.45) is 4.99 Å². The molecule has 5 nitrogen and oxygen atoms in total. The normalized spacial score (nSPS) is 12.4. The van der Waals surface area contributed by atoms with Gasteiger partial charge >= 0.3 is 0 Å². The van der Waals surface area contributed by atoms with Gasteiger partial charge in [0.2, 0.25) is 5.89 Å². The molecule has 0 saturated heterocycles. The average molecular weight is 456 g/mol. The summed E-state index contributed by atoms with van der Waals surface area (Å²) in [6.45, 7) is 4.99. The number of hydrogen-bond donors (Lipinski definition) is 2. The Balaban J connectivity index is 0.00000312. The van der Waals surface area contributed by atoms with E-state index in [2.05, 4.69) is 34.5 Å². The third-order valence-corrected chi connectivity index (χ3v) is 3.86. The van der Waals surface area contributed by atoms with Crippen molar-refractivity contribution in [3.8, 4) is 11.5 Å². The van der Waals surface area contributed by atoms with Crippen molar-refractivity contribution in [2.75, 3.05) is 7.05 Å². The number of nitrogens with zero attached hydrogens (tertiary/aromatic N) is 2. The highest BCUT2D eigenvalue weighted by atomic mass is 127. The highest BCUT2D eigenvalue weighted by molar-refractivity contribution is 14.0. The molecule has 138 valence electrons. The van der Waals surface area contributed by atoms with Gasteiger partial charge in [-0.25, -0.2) is 4.98 Å². The Kier molecular flexibility index (Phi) is 10.2. The topological polar surface area (TPSA) is 62.5 Å². The van der Waals surface area contributed by atoms with Crippen LogP contribution in [0, 0.1) is 0 Å². The smallest absolute Gasteiger partial charge is 0.226 e. The van der Waals surface area contributed by atoms with E-state index in [0.29, 0.717) is 18.5 Å². The molecule has 2 aromatic rings. The van der Waals surface area contributed by atoms with Crippen molar-refractivity contribution in [3.05, 3.63) is 42.3 Å². The molecule has 2 N–H and O–H groups in total. The standard InChI is InChI=1S/C19H28N4O.HI/c1-4-5-7-10-15(2)22-19(20-3)21-13-17-14-24-18(23-17)16-11-8-6-9-12-16;/h6,8-9,11-12,14-15H,4-5,7,10,13H2,1-3H3,(H2,20,21,22);1H. The third kappa shape index (κ3) is 7.46. The number of guanidine groups is 1. The van der Waals surface area contributed by atoms with Crippen LogP contribution in [0.25, 0.3) is 11.5 Å². The number of aliphatic imine (C=N–C) groups is 1. The summed E-state index contributed by atoms with van der Waals surface area (Å²) in [5, 5.41) is 6.70. The lowest BCUT2D eigenvalue weighted by atomic mass is 10.1. The SMILES string of the molecule is CCCCCC(C)NC(=NC)NCc1coc(-c2ccccc2)n1.I. The van der Waals surface area contributed by atoms with Gasteiger partial charge in [-0.15, -0.1) is 24.0 Å². The molecular formula is C19H29IN4O. The Morgan fingerprint density at radius 2 is 2.00 bits per heavy atom. The van der Waals surface area contributed by atoms with E-state index >= 15 is 0 Å². The van der Waals surface area contributed by atoms with Crippen molar-refractivity contribution >= 4 is 29.9 Å². The molecular weight excluding hydrogens is 427 g/mol. The monoisotopic (exact) mass is 456 g/mol. The van der Waals surface area contributed by atoms with E-state index in [1.807, 2.05) is 30.3 Å². The van der Waals surface area contributed by atoms with E-state index in [1.54, 1.807) is 13.3 Å². The van der Waals surface area contributed by atoms with E-state index in [9.17, 15) is 0 Å². The molecule has 0 radical (unpaired) electrons. The highest BCUT2D eigenvalue weighted by Gasteiger charge is 2.08. The van der Waals surface area contributed by atoms with Gasteiger partial charge in [0.15, 0.2) is 5.96 Å². The number of aromatic nitrogens is 1. The molecule has 1 aromatic carbocycles. The quantitative estimate of drug-likeness (QED) is 0.264. The predicted molar refractivity (Wildman–Crippen MR) is 114 cm³/mol. The molecule has 0 bridgehead atoms. The van der Waals surface area contributed by atoms with Gasteiger partial charge in [-0.2, -0.15) is 0 Å². The molecule has 0 aliphatic rings. The molecule has 1 heterocycles. The number of benzene rings is 1. The molecule has 25 heavy (non-hydrogen) atoms. The molecule has 0 saturated carbocycles. The summed E-state index contributed by atoms with van der Waals surface area (Å²) in [6.07, 6.45) is 6.60. The van der Waals surface area contributed by atoms with Gasteiger partial charge < -0.3 is 15.1 Å². The first-order valence-electron chi connectivity index (χ1n) is 8.70. The van der Waals surface area contributed by atoms with Crippen molar-refractivity contribution in [1.82, 2.24) is 15.6 Å². The van der Waals surface area contributed by atoms with E-state index < -0.39 is 0 Å². The molecule has 0 aliphatic carbocycles. The Morgan fingerprint density at radius 3 is 2.68 bits per heavy atom. The summed E-state index contributed by atoms with van der Waals surface area (Å²) in [7, 11) is 1.78. The summed E-state index contributed by atoms with van der Waals surface area (Å²) in [4.78, 5) is 8.79. The Labute approximate surface area is 167 Å². The van der Waals surface area contributed by atoms with Gasteiger partial charge in [-0.3, -0.25) is 4.99 Å². The van der Waals surface area contributed by atoms with Crippen molar-refractivity contribution in [2.45, 2.75) is 52.1 Å². The largest absolute Gasteiger partial charge is 0.444 e. The number of oxazole rings is 1. The van der Waals surface area contributed by atoms with Crippen molar-refractivity contribution in [1.29, 1.82) is 0 Å². The molecule has 6 heteroatoms. The maximum Gasteiger partial charge on any atom is 0.226 e. The van der Waals surface area contributed by atoms with E-state index in [4.69, 9.17) is 4.42 Å². The van der Waals surface area contributed by atoms with Gasteiger partial charge in [-0.1, -0.05) is 44.4 Å². The lowest BCUT2D eigenvalue weighted by molar-refractivity contribution is 0.546. The van der Waals surface area contributed by atoms with Crippen LogP contribution >= 0.6 is 24.0 Å². The fourth-order valence-corrected chi connectivity index (χ4v) is 2.48. The number of unbranched alkanes of at least 4 members (excludes halogenated alkanes) is 2. The van der Waals surface area contributed by atoms with Crippen LogP contribution in [0.1, 0.15) is 45.2 Å². The second-order valence-electron chi connectivity index (χ2n) is 5.98. The van der Waals surface area contributed by atoms with Crippen LogP contribution in [0.2, 0.25) is 0 Å². The van der Waals surface area contributed by atoms with Crippen LogP contribution in [0.4, 0.5) is 0 Å². The molecule has 1 aromatic heterocycles. The van der Waals surface area contributed by atoms with Crippen molar-refractivity contribution in [3.63, 3.8) is 0 Å². The lowest BCUT2D eigenvalue weighted by Gasteiger charge is -2.17. The molecule has 0 fully saturated rings. The fraction of sp³-hybridized carbons (Fsp3) is 0.474. The summed E-state index contributed by atoms with van der Waals surface area (Å²) in [5.41, 5.74) is 1.84. The summed E-state index contributed by atoms with van der Waals surface area (Å²) < 4.78 is 5.55. The molecule has 2 rings (SSSR count).